The molecule has 2 N–H and O–H groups in total. The number of ether oxygens (including phenoxy) is 1. The number of aliphatic hydroxyl groups is 1. The molecule has 0 unspecified atom stereocenters. The summed E-state index contributed by atoms with van der Waals surface area (Å²) in [6, 6.07) is 6.53. The molecule has 2 aromatic rings. The highest BCUT2D eigenvalue weighted by Crippen LogP contribution is 2.45. The third kappa shape index (κ3) is 2.80. The first kappa shape index (κ1) is 16.3. The maximum Gasteiger partial charge on any atom is 0.291 e. The van der Waals surface area contributed by atoms with Crippen molar-refractivity contribution in [2.45, 2.75) is 31.8 Å². The molecule has 1 atom stereocenters. The lowest BCUT2D eigenvalue weighted by Gasteiger charge is -2.18. The van der Waals surface area contributed by atoms with Gasteiger partial charge in [-0.2, -0.15) is 0 Å². The van der Waals surface area contributed by atoms with E-state index in [9.17, 15) is 14.7 Å². The molecule has 0 fully saturated rings. The second-order valence-electron chi connectivity index (χ2n) is 6.54. The summed E-state index contributed by atoms with van der Waals surface area (Å²) in [7, 11) is 1.35. The lowest BCUT2D eigenvalue weighted by atomic mass is 9.86. The van der Waals surface area contributed by atoms with Crippen LogP contribution in [-0.2, 0) is 5.41 Å². The first-order valence-electron chi connectivity index (χ1n) is 7.62. The van der Waals surface area contributed by atoms with Gasteiger partial charge < -0.3 is 19.6 Å². The van der Waals surface area contributed by atoms with Gasteiger partial charge in [0, 0.05) is 11.8 Å². The van der Waals surface area contributed by atoms with E-state index >= 15 is 0 Å². The van der Waals surface area contributed by atoms with Crippen LogP contribution < -0.4 is 15.5 Å². The van der Waals surface area contributed by atoms with Crippen LogP contribution in [0.15, 0.2) is 39.7 Å². The Labute approximate surface area is 139 Å². The van der Waals surface area contributed by atoms with Gasteiger partial charge in [-0.25, -0.2) is 0 Å². The fourth-order valence-corrected chi connectivity index (χ4v) is 3.10. The van der Waals surface area contributed by atoms with E-state index in [1.165, 1.54) is 7.11 Å². The van der Waals surface area contributed by atoms with Crippen molar-refractivity contribution in [1.29, 1.82) is 0 Å². The SMILES string of the molecule is COc1coc(C(=O)Nc2ccc3c(c2)[C@H](O)CC3(C)C)cc1=O. The molecule has 1 heterocycles. The third-order valence-electron chi connectivity index (χ3n) is 4.34. The smallest absolute Gasteiger partial charge is 0.291 e. The number of aliphatic hydroxyl groups excluding tert-OH is 1. The molecule has 0 saturated carbocycles. The van der Waals surface area contributed by atoms with Gasteiger partial charge in [0.1, 0.15) is 6.26 Å². The average Bonchev–Trinajstić information content (AvgIpc) is 2.76. The molecule has 0 bridgehead atoms. The second-order valence-corrected chi connectivity index (χ2v) is 6.54. The van der Waals surface area contributed by atoms with E-state index in [-0.39, 0.29) is 16.9 Å². The Balaban J connectivity index is 1.85. The summed E-state index contributed by atoms with van der Waals surface area (Å²) >= 11 is 0. The minimum Gasteiger partial charge on any atom is -0.490 e. The van der Waals surface area contributed by atoms with Crippen LogP contribution in [0.2, 0.25) is 0 Å². The van der Waals surface area contributed by atoms with Gasteiger partial charge in [-0.1, -0.05) is 19.9 Å². The molecule has 24 heavy (non-hydrogen) atoms. The van der Waals surface area contributed by atoms with Gasteiger partial charge in [0.2, 0.25) is 11.2 Å². The summed E-state index contributed by atoms with van der Waals surface area (Å²) in [6.45, 7) is 4.15. The largest absolute Gasteiger partial charge is 0.490 e. The maximum absolute atomic E-state index is 12.2. The molecule has 0 saturated heterocycles. The predicted molar refractivity (Wildman–Crippen MR) is 88.5 cm³/mol. The van der Waals surface area contributed by atoms with Crippen LogP contribution in [0.1, 0.15) is 48.1 Å². The molecule has 1 aromatic heterocycles. The summed E-state index contributed by atoms with van der Waals surface area (Å²) in [5, 5.41) is 12.9. The number of methoxy groups -OCH3 is 1. The van der Waals surface area contributed by atoms with Gasteiger partial charge in [-0.05, 0) is 35.1 Å². The Bertz CT molecular complexity index is 853. The number of fused-ring (bicyclic) bond motifs is 1. The number of amides is 1. The minimum absolute atomic E-state index is 0.0365. The highest BCUT2D eigenvalue weighted by atomic mass is 16.5. The molecule has 1 aliphatic carbocycles. The van der Waals surface area contributed by atoms with E-state index in [1.807, 2.05) is 6.07 Å². The third-order valence-corrected chi connectivity index (χ3v) is 4.34. The normalized spacial score (nSPS) is 18.1. The molecule has 0 spiro atoms. The molecule has 126 valence electrons. The van der Waals surface area contributed by atoms with Gasteiger partial charge in [-0.3, -0.25) is 9.59 Å². The van der Waals surface area contributed by atoms with Gasteiger partial charge >= 0.3 is 0 Å². The molecular formula is C18H19NO5. The van der Waals surface area contributed by atoms with Crippen molar-refractivity contribution in [3.05, 3.63) is 57.6 Å². The summed E-state index contributed by atoms with van der Waals surface area (Å²) in [5.74, 6) is -0.613. The number of nitrogens with one attached hydrogen (secondary N) is 1. The standard InChI is InChI=1S/C18H19NO5/c1-18(2)8-14(21)11-6-10(4-5-12(11)18)19-17(22)15-7-13(20)16(23-3)9-24-15/h4-7,9,14,21H,8H2,1-3H3,(H,19,22)/t14-/m1/s1. The van der Waals surface area contributed by atoms with Crippen LogP contribution in [0.3, 0.4) is 0 Å². The van der Waals surface area contributed by atoms with Gasteiger partial charge in [0.25, 0.3) is 5.91 Å². The number of carbonyl (C=O) groups excluding carboxylic acids is 1. The molecular weight excluding hydrogens is 310 g/mol. The van der Waals surface area contributed by atoms with E-state index in [4.69, 9.17) is 9.15 Å². The quantitative estimate of drug-likeness (QED) is 0.903. The van der Waals surface area contributed by atoms with Gasteiger partial charge in [-0.15, -0.1) is 0 Å². The van der Waals surface area contributed by atoms with Crippen LogP contribution in [0.25, 0.3) is 0 Å². The molecule has 3 rings (SSSR count). The van der Waals surface area contributed by atoms with Crippen LogP contribution in [0, 0.1) is 0 Å². The molecule has 6 nitrogen and oxygen atoms in total. The van der Waals surface area contributed by atoms with E-state index in [0.29, 0.717) is 12.1 Å². The van der Waals surface area contributed by atoms with Crippen LogP contribution in [0.4, 0.5) is 5.69 Å². The summed E-state index contributed by atoms with van der Waals surface area (Å²) in [4.78, 5) is 23.9. The van der Waals surface area contributed by atoms with Crippen molar-refractivity contribution in [2.24, 2.45) is 0 Å². The van der Waals surface area contributed by atoms with Crippen molar-refractivity contribution in [2.75, 3.05) is 12.4 Å². The zero-order chi connectivity index (χ0) is 17.5. The molecule has 1 amide bonds. The molecule has 1 aliphatic rings. The van der Waals surface area contributed by atoms with Crippen LogP contribution in [0.5, 0.6) is 5.75 Å². The number of rotatable bonds is 3. The zero-order valence-electron chi connectivity index (χ0n) is 13.8. The summed E-state index contributed by atoms with van der Waals surface area (Å²) < 4.78 is 9.94. The van der Waals surface area contributed by atoms with E-state index < -0.39 is 17.4 Å². The monoisotopic (exact) mass is 329 g/mol. The fraction of sp³-hybridized carbons (Fsp3) is 0.333. The van der Waals surface area contributed by atoms with Crippen molar-refractivity contribution in [1.82, 2.24) is 0 Å². The van der Waals surface area contributed by atoms with Crippen molar-refractivity contribution in [3.8, 4) is 5.75 Å². The Morgan fingerprint density at radius 2 is 2.12 bits per heavy atom. The Hall–Kier alpha value is -2.60. The highest BCUT2D eigenvalue weighted by Gasteiger charge is 2.35. The van der Waals surface area contributed by atoms with Crippen LogP contribution >= 0.6 is 0 Å². The highest BCUT2D eigenvalue weighted by molar-refractivity contribution is 6.02. The molecule has 6 heteroatoms. The molecule has 1 aromatic carbocycles. The molecule has 0 aliphatic heterocycles. The number of hydrogen-bond acceptors (Lipinski definition) is 5. The Morgan fingerprint density at radius 1 is 1.38 bits per heavy atom. The first-order chi connectivity index (χ1) is 11.3. The first-order valence-corrected chi connectivity index (χ1v) is 7.62. The fourth-order valence-electron chi connectivity index (χ4n) is 3.10. The number of carbonyl (C=O) groups is 1. The summed E-state index contributed by atoms with van der Waals surface area (Å²) in [5.41, 5.74) is 1.90. The maximum atomic E-state index is 12.2. The van der Waals surface area contributed by atoms with Gasteiger partial charge in [0.15, 0.2) is 5.76 Å². The van der Waals surface area contributed by atoms with Crippen molar-refractivity contribution < 1.29 is 19.1 Å². The Kier molecular flexibility index (Phi) is 3.93. The predicted octanol–water partition coefficient (Wildman–Crippen LogP) is 2.62. The number of anilines is 1. The topological polar surface area (TPSA) is 88.8 Å². The van der Waals surface area contributed by atoms with Crippen LogP contribution in [-0.4, -0.2) is 18.1 Å². The zero-order valence-corrected chi connectivity index (χ0v) is 13.8. The van der Waals surface area contributed by atoms with Gasteiger partial charge in [0.05, 0.1) is 13.2 Å². The average molecular weight is 329 g/mol. The number of hydrogen-bond donors (Lipinski definition) is 2. The van der Waals surface area contributed by atoms with Crippen molar-refractivity contribution in [3.63, 3.8) is 0 Å². The second kappa shape index (κ2) is 5.79. The Morgan fingerprint density at radius 3 is 2.79 bits per heavy atom. The van der Waals surface area contributed by atoms with E-state index in [1.54, 1.807) is 12.1 Å². The lowest BCUT2D eigenvalue weighted by Crippen LogP contribution is -2.16. The lowest BCUT2D eigenvalue weighted by molar-refractivity contribution is 0.0993. The molecule has 0 radical (unpaired) electrons. The van der Waals surface area contributed by atoms with E-state index in [2.05, 4.69) is 19.2 Å². The number of benzene rings is 1. The van der Waals surface area contributed by atoms with Crippen molar-refractivity contribution >= 4 is 11.6 Å². The van der Waals surface area contributed by atoms with E-state index in [0.717, 1.165) is 23.5 Å². The summed E-state index contributed by atoms with van der Waals surface area (Å²) in [6.07, 6.45) is 1.20. The minimum atomic E-state index is -0.550.